The van der Waals surface area contributed by atoms with Gasteiger partial charge >= 0.3 is 0 Å². The molecule has 2 aromatic rings. The molecule has 0 unspecified atom stereocenters. The van der Waals surface area contributed by atoms with Crippen molar-refractivity contribution in [3.63, 3.8) is 0 Å². The second kappa shape index (κ2) is 6.04. The predicted octanol–water partition coefficient (Wildman–Crippen LogP) is 2.77. The maximum atomic E-state index is 6.31. The molecule has 1 aliphatic rings. The van der Waals surface area contributed by atoms with Crippen molar-refractivity contribution >= 4 is 15.9 Å². The van der Waals surface area contributed by atoms with Gasteiger partial charge in [-0.25, -0.2) is 0 Å². The van der Waals surface area contributed by atoms with Gasteiger partial charge in [-0.05, 0) is 33.6 Å². The molecule has 0 radical (unpaired) electrons. The van der Waals surface area contributed by atoms with E-state index in [1.807, 2.05) is 18.3 Å². The van der Waals surface area contributed by atoms with E-state index in [0.29, 0.717) is 5.92 Å². The summed E-state index contributed by atoms with van der Waals surface area (Å²) in [7, 11) is 0. The van der Waals surface area contributed by atoms with E-state index in [1.165, 1.54) is 5.56 Å². The Labute approximate surface area is 127 Å². The Bertz CT molecular complexity index is 556. The first-order chi connectivity index (χ1) is 9.72. The van der Waals surface area contributed by atoms with Gasteiger partial charge in [-0.1, -0.05) is 30.3 Å². The van der Waals surface area contributed by atoms with E-state index in [9.17, 15) is 0 Å². The van der Waals surface area contributed by atoms with Crippen LogP contribution in [0.4, 0.5) is 0 Å². The molecule has 2 atom stereocenters. The molecular weight excluding hydrogens is 314 g/mol. The predicted molar refractivity (Wildman–Crippen MR) is 84.4 cm³/mol. The Kier molecular flexibility index (Phi) is 4.15. The van der Waals surface area contributed by atoms with Gasteiger partial charge in [0.25, 0.3) is 0 Å². The van der Waals surface area contributed by atoms with Crippen LogP contribution in [0.2, 0.25) is 0 Å². The zero-order valence-electron chi connectivity index (χ0n) is 11.2. The molecule has 1 aliphatic heterocycles. The van der Waals surface area contributed by atoms with Gasteiger partial charge in [0.05, 0.1) is 5.69 Å². The van der Waals surface area contributed by atoms with Crippen molar-refractivity contribution in [2.75, 3.05) is 13.1 Å². The van der Waals surface area contributed by atoms with Gasteiger partial charge in [0.15, 0.2) is 0 Å². The summed E-state index contributed by atoms with van der Waals surface area (Å²) in [5.41, 5.74) is 8.74. The number of halogens is 1. The quantitative estimate of drug-likeness (QED) is 0.940. The highest BCUT2D eigenvalue weighted by Gasteiger charge is 2.31. The fraction of sp³-hybridized carbons (Fsp3) is 0.312. The van der Waals surface area contributed by atoms with Gasteiger partial charge in [-0.2, -0.15) is 0 Å². The van der Waals surface area contributed by atoms with Crippen LogP contribution in [0.1, 0.15) is 17.2 Å². The van der Waals surface area contributed by atoms with E-state index in [4.69, 9.17) is 5.73 Å². The minimum Gasteiger partial charge on any atom is -0.326 e. The Morgan fingerprint density at radius 1 is 1.15 bits per heavy atom. The summed E-state index contributed by atoms with van der Waals surface area (Å²) in [4.78, 5) is 6.82. The molecular formula is C16H18BrN3. The van der Waals surface area contributed by atoms with Gasteiger partial charge in [0.2, 0.25) is 0 Å². The number of nitrogens with two attached hydrogens (primary N) is 1. The molecule has 3 nitrogen and oxygen atoms in total. The molecule has 3 rings (SSSR count). The third-order valence-electron chi connectivity index (χ3n) is 3.84. The Morgan fingerprint density at radius 3 is 2.65 bits per heavy atom. The van der Waals surface area contributed by atoms with E-state index in [2.05, 4.69) is 56.1 Å². The van der Waals surface area contributed by atoms with Gasteiger partial charge in [-0.15, -0.1) is 0 Å². The molecule has 0 bridgehead atoms. The largest absolute Gasteiger partial charge is 0.326 e. The first kappa shape index (κ1) is 13.7. The van der Waals surface area contributed by atoms with Crippen molar-refractivity contribution in [2.24, 2.45) is 5.73 Å². The smallest absolute Gasteiger partial charge is 0.0544 e. The van der Waals surface area contributed by atoms with Crippen LogP contribution < -0.4 is 5.73 Å². The Morgan fingerprint density at radius 2 is 1.95 bits per heavy atom. The van der Waals surface area contributed by atoms with E-state index < -0.39 is 0 Å². The Balaban J connectivity index is 1.68. The van der Waals surface area contributed by atoms with E-state index >= 15 is 0 Å². The average Bonchev–Trinajstić information content (AvgIpc) is 2.83. The lowest BCUT2D eigenvalue weighted by Gasteiger charge is -2.15. The van der Waals surface area contributed by atoms with Gasteiger partial charge in [0.1, 0.15) is 0 Å². The molecule has 2 N–H and O–H groups in total. The maximum Gasteiger partial charge on any atom is 0.0544 e. The average molecular weight is 332 g/mol. The van der Waals surface area contributed by atoms with E-state index in [-0.39, 0.29) is 6.04 Å². The highest BCUT2D eigenvalue weighted by atomic mass is 79.9. The second-order valence-electron chi connectivity index (χ2n) is 5.34. The first-order valence-electron chi connectivity index (χ1n) is 6.85. The van der Waals surface area contributed by atoms with Crippen LogP contribution in [0.3, 0.4) is 0 Å². The fourth-order valence-corrected chi connectivity index (χ4v) is 3.06. The lowest BCUT2D eigenvalue weighted by atomic mass is 9.95. The van der Waals surface area contributed by atoms with Crippen LogP contribution >= 0.6 is 15.9 Å². The topological polar surface area (TPSA) is 42.1 Å². The van der Waals surface area contributed by atoms with Crippen LogP contribution in [0, 0.1) is 0 Å². The minimum absolute atomic E-state index is 0.202. The number of nitrogens with zero attached hydrogens (tertiary/aromatic N) is 2. The minimum atomic E-state index is 0.202. The fourth-order valence-electron chi connectivity index (χ4n) is 2.82. The zero-order chi connectivity index (χ0) is 13.9. The number of benzene rings is 1. The lowest BCUT2D eigenvalue weighted by Crippen LogP contribution is -2.28. The molecule has 2 heterocycles. The van der Waals surface area contributed by atoms with Crippen LogP contribution in [0.5, 0.6) is 0 Å². The molecule has 0 amide bonds. The normalized spacial score (nSPS) is 23.1. The number of pyridine rings is 1. The van der Waals surface area contributed by atoms with Crippen LogP contribution in [-0.2, 0) is 6.54 Å². The maximum absolute atomic E-state index is 6.31. The molecule has 4 heteroatoms. The van der Waals surface area contributed by atoms with Crippen molar-refractivity contribution < 1.29 is 0 Å². The van der Waals surface area contributed by atoms with Crippen LogP contribution in [0.15, 0.2) is 53.1 Å². The third kappa shape index (κ3) is 3.08. The Hall–Kier alpha value is -1.23. The van der Waals surface area contributed by atoms with Crippen molar-refractivity contribution in [1.82, 2.24) is 9.88 Å². The summed E-state index contributed by atoms with van der Waals surface area (Å²) < 4.78 is 1.02. The summed E-state index contributed by atoms with van der Waals surface area (Å²) in [6.45, 7) is 2.80. The molecule has 1 saturated heterocycles. The van der Waals surface area contributed by atoms with Gasteiger partial charge < -0.3 is 5.73 Å². The molecule has 0 saturated carbocycles. The van der Waals surface area contributed by atoms with Crippen LogP contribution in [0.25, 0.3) is 0 Å². The first-order valence-corrected chi connectivity index (χ1v) is 7.65. The molecule has 1 aromatic heterocycles. The van der Waals surface area contributed by atoms with Crippen molar-refractivity contribution in [3.8, 4) is 0 Å². The highest BCUT2D eigenvalue weighted by molar-refractivity contribution is 9.10. The van der Waals surface area contributed by atoms with Gasteiger partial charge in [0, 0.05) is 42.3 Å². The molecule has 1 fully saturated rings. The molecule has 0 aliphatic carbocycles. The van der Waals surface area contributed by atoms with Crippen molar-refractivity contribution in [1.29, 1.82) is 0 Å². The van der Waals surface area contributed by atoms with E-state index in [1.54, 1.807) is 0 Å². The SMILES string of the molecule is N[C@@H]1CN(Cc2ccc(Br)cn2)C[C@H]1c1ccccc1. The van der Waals surface area contributed by atoms with E-state index in [0.717, 1.165) is 29.8 Å². The number of rotatable bonds is 3. The standard InChI is InChI=1S/C16H18BrN3/c17-13-6-7-14(19-8-13)9-20-10-15(16(18)11-20)12-4-2-1-3-5-12/h1-8,15-16H,9-11,18H2/t15-,16+/m0/s1. The van der Waals surface area contributed by atoms with Crippen molar-refractivity contribution in [3.05, 3.63) is 64.4 Å². The molecule has 104 valence electrons. The van der Waals surface area contributed by atoms with Gasteiger partial charge in [-0.3, -0.25) is 9.88 Å². The summed E-state index contributed by atoms with van der Waals surface area (Å²) in [5.74, 6) is 0.423. The monoisotopic (exact) mass is 331 g/mol. The molecule has 0 spiro atoms. The summed E-state index contributed by atoms with van der Waals surface area (Å²) in [5, 5.41) is 0. The van der Waals surface area contributed by atoms with Crippen molar-refractivity contribution in [2.45, 2.75) is 18.5 Å². The molecule has 1 aromatic carbocycles. The summed E-state index contributed by atoms with van der Waals surface area (Å²) in [6, 6.07) is 14.9. The number of likely N-dealkylation sites (tertiary alicyclic amines) is 1. The van der Waals surface area contributed by atoms with Crippen LogP contribution in [-0.4, -0.2) is 29.0 Å². The lowest BCUT2D eigenvalue weighted by molar-refractivity contribution is 0.319. The zero-order valence-corrected chi connectivity index (χ0v) is 12.8. The number of aromatic nitrogens is 1. The number of hydrogen-bond donors (Lipinski definition) is 1. The third-order valence-corrected chi connectivity index (χ3v) is 4.31. The highest BCUT2D eigenvalue weighted by Crippen LogP contribution is 2.27. The summed E-state index contributed by atoms with van der Waals surface area (Å²) in [6.07, 6.45) is 1.85. The molecule has 20 heavy (non-hydrogen) atoms. The number of hydrogen-bond acceptors (Lipinski definition) is 3. The second-order valence-corrected chi connectivity index (χ2v) is 6.26. The summed E-state index contributed by atoms with van der Waals surface area (Å²) >= 11 is 3.41.